The van der Waals surface area contributed by atoms with Crippen LogP contribution in [0, 0.1) is 0 Å². The number of pyridine rings is 1. The first-order chi connectivity index (χ1) is 9.36. The molecule has 0 saturated carbocycles. The van der Waals surface area contributed by atoms with Gasteiger partial charge in [-0.3, -0.25) is 0 Å². The lowest BCUT2D eigenvalue weighted by molar-refractivity contribution is 0.615. The van der Waals surface area contributed by atoms with Gasteiger partial charge in [-0.05, 0) is 23.3 Å². The molecule has 1 aromatic carbocycles. The van der Waals surface area contributed by atoms with Gasteiger partial charge in [0.1, 0.15) is 11.4 Å². The van der Waals surface area contributed by atoms with Crippen LogP contribution in [0.3, 0.4) is 0 Å². The van der Waals surface area contributed by atoms with Crippen molar-refractivity contribution in [2.75, 3.05) is 5.32 Å². The molecule has 4 nitrogen and oxygen atoms in total. The third-order valence-corrected chi connectivity index (χ3v) is 3.10. The van der Waals surface area contributed by atoms with E-state index < -0.39 is 0 Å². The molecule has 3 rings (SSSR count). The Hall–Kier alpha value is -2.33. The van der Waals surface area contributed by atoms with E-state index in [0.29, 0.717) is 6.54 Å². The molecule has 0 spiro atoms. The quantitative estimate of drug-likeness (QED) is 0.750. The molecule has 4 heteroatoms. The Morgan fingerprint density at radius 3 is 2.63 bits per heavy atom. The van der Waals surface area contributed by atoms with Gasteiger partial charge in [-0.2, -0.15) is 0 Å². The molecule has 0 saturated heterocycles. The molecule has 0 amide bonds. The van der Waals surface area contributed by atoms with Gasteiger partial charge in [-0.1, -0.05) is 24.3 Å². The molecular weight excluding hydrogens is 238 g/mol. The fraction of sp³-hybridized carbons (Fsp3) is 0.133. The van der Waals surface area contributed by atoms with Gasteiger partial charge >= 0.3 is 0 Å². The molecule has 0 bridgehead atoms. The number of anilines is 1. The molecule has 2 aromatic heterocycles. The molecule has 0 aliphatic heterocycles. The number of aromatic nitrogens is 1. The molecule has 0 aliphatic carbocycles. The smallest absolute Gasteiger partial charge is 0.139 e. The van der Waals surface area contributed by atoms with Gasteiger partial charge in [0.05, 0.1) is 11.6 Å². The maximum atomic E-state index is 5.58. The Bertz CT molecular complexity index is 673. The summed E-state index contributed by atoms with van der Waals surface area (Å²) in [4.78, 5) is 4.34. The summed E-state index contributed by atoms with van der Waals surface area (Å²) in [6.07, 6.45) is 3.42. The molecule has 3 aromatic rings. The van der Waals surface area contributed by atoms with Crippen LogP contribution in [0.1, 0.15) is 11.1 Å². The van der Waals surface area contributed by atoms with Crippen molar-refractivity contribution in [3.05, 3.63) is 60.0 Å². The van der Waals surface area contributed by atoms with Crippen molar-refractivity contribution in [1.82, 2.24) is 4.98 Å². The van der Waals surface area contributed by atoms with Crippen molar-refractivity contribution >= 4 is 16.8 Å². The largest absolute Gasteiger partial charge is 0.464 e. The highest BCUT2D eigenvalue weighted by Gasteiger charge is 2.04. The zero-order valence-corrected chi connectivity index (χ0v) is 10.5. The maximum Gasteiger partial charge on any atom is 0.139 e. The molecule has 0 radical (unpaired) electrons. The van der Waals surface area contributed by atoms with Crippen molar-refractivity contribution in [2.24, 2.45) is 5.73 Å². The lowest BCUT2D eigenvalue weighted by Gasteiger charge is -2.07. The second kappa shape index (κ2) is 5.12. The van der Waals surface area contributed by atoms with E-state index in [0.717, 1.165) is 28.9 Å². The van der Waals surface area contributed by atoms with Crippen LogP contribution in [0.25, 0.3) is 11.0 Å². The zero-order chi connectivity index (χ0) is 13.1. The summed E-state index contributed by atoms with van der Waals surface area (Å²) < 4.78 is 5.35. The average molecular weight is 253 g/mol. The first kappa shape index (κ1) is 11.7. The standard InChI is InChI=1S/C15H15N3O/c16-9-11-1-3-12(4-2-11)10-18-15-13-6-8-19-14(13)5-7-17-15/h1-8H,9-10,16H2,(H,17,18). The van der Waals surface area contributed by atoms with E-state index in [-0.39, 0.29) is 0 Å². The number of benzene rings is 1. The van der Waals surface area contributed by atoms with Crippen molar-refractivity contribution in [3.8, 4) is 0 Å². The van der Waals surface area contributed by atoms with E-state index in [4.69, 9.17) is 10.2 Å². The second-order valence-electron chi connectivity index (χ2n) is 4.37. The third kappa shape index (κ3) is 2.44. The average Bonchev–Trinajstić information content (AvgIpc) is 2.94. The first-order valence-electron chi connectivity index (χ1n) is 6.21. The summed E-state index contributed by atoms with van der Waals surface area (Å²) in [6.45, 7) is 1.30. The van der Waals surface area contributed by atoms with E-state index >= 15 is 0 Å². The summed E-state index contributed by atoms with van der Waals surface area (Å²) in [5.74, 6) is 0.842. The number of rotatable bonds is 4. The minimum atomic E-state index is 0.573. The number of nitrogens with two attached hydrogens (primary N) is 1. The highest BCUT2D eigenvalue weighted by atomic mass is 16.3. The lowest BCUT2D eigenvalue weighted by Crippen LogP contribution is -2.02. The van der Waals surface area contributed by atoms with Crippen LogP contribution >= 0.6 is 0 Å². The SMILES string of the molecule is NCc1ccc(CNc2nccc3occc23)cc1. The Morgan fingerprint density at radius 2 is 1.84 bits per heavy atom. The van der Waals surface area contributed by atoms with Crippen LogP contribution < -0.4 is 11.1 Å². The molecular formula is C15H15N3O. The van der Waals surface area contributed by atoms with Gasteiger partial charge in [0, 0.05) is 19.3 Å². The monoisotopic (exact) mass is 253 g/mol. The number of fused-ring (bicyclic) bond motifs is 1. The summed E-state index contributed by atoms with van der Waals surface area (Å²) in [5, 5.41) is 4.33. The van der Waals surface area contributed by atoms with E-state index in [2.05, 4.69) is 22.4 Å². The predicted molar refractivity (Wildman–Crippen MR) is 75.7 cm³/mol. The Labute approximate surface area is 111 Å². The van der Waals surface area contributed by atoms with Crippen LogP contribution in [0.4, 0.5) is 5.82 Å². The van der Waals surface area contributed by atoms with Gasteiger partial charge in [-0.25, -0.2) is 4.98 Å². The zero-order valence-electron chi connectivity index (χ0n) is 10.5. The summed E-state index contributed by atoms with van der Waals surface area (Å²) in [5.41, 5.74) is 8.75. The van der Waals surface area contributed by atoms with Crippen LogP contribution in [0.5, 0.6) is 0 Å². The fourth-order valence-electron chi connectivity index (χ4n) is 2.01. The van der Waals surface area contributed by atoms with Gasteiger partial charge in [-0.15, -0.1) is 0 Å². The second-order valence-corrected chi connectivity index (χ2v) is 4.37. The molecule has 0 fully saturated rings. The Kier molecular flexibility index (Phi) is 3.16. The first-order valence-corrected chi connectivity index (χ1v) is 6.21. The predicted octanol–water partition coefficient (Wildman–Crippen LogP) is 2.90. The molecule has 0 aliphatic rings. The number of hydrogen-bond donors (Lipinski definition) is 2. The molecule has 0 unspecified atom stereocenters. The van der Waals surface area contributed by atoms with E-state index in [1.54, 1.807) is 12.5 Å². The minimum Gasteiger partial charge on any atom is -0.464 e. The normalized spacial score (nSPS) is 10.8. The van der Waals surface area contributed by atoms with Crippen LogP contribution in [-0.2, 0) is 13.1 Å². The Morgan fingerprint density at radius 1 is 1.05 bits per heavy atom. The maximum absolute atomic E-state index is 5.58. The fourth-order valence-corrected chi connectivity index (χ4v) is 2.01. The Balaban J connectivity index is 1.76. The van der Waals surface area contributed by atoms with Crippen LogP contribution in [-0.4, -0.2) is 4.98 Å². The van der Waals surface area contributed by atoms with Crippen molar-refractivity contribution in [1.29, 1.82) is 0 Å². The molecule has 0 atom stereocenters. The van der Waals surface area contributed by atoms with E-state index in [9.17, 15) is 0 Å². The summed E-state index contributed by atoms with van der Waals surface area (Å²) >= 11 is 0. The molecule has 19 heavy (non-hydrogen) atoms. The van der Waals surface area contributed by atoms with Crippen molar-refractivity contribution in [3.63, 3.8) is 0 Å². The molecule has 96 valence electrons. The minimum absolute atomic E-state index is 0.573. The van der Waals surface area contributed by atoms with Gasteiger partial charge in [0.15, 0.2) is 0 Å². The number of nitrogens with one attached hydrogen (secondary N) is 1. The van der Waals surface area contributed by atoms with Crippen molar-refractivity contribution < 1.29 is 4.42 Å². The number of furan rings is 1. The summed E-state index contributed by atoms with van der Waals surface area (Å²) in [6, 6.07) is 12.0. The number of nitrogens with zero attached hydrogens (tertiary/aromatic N) is 1. The summed E-state index contributed by atoms with van der Waals surface area (Å²) in [7, 11) is 0. The van der Waals surface area contributed by atoms with E-state index in [1.165, 1.54) is 5.56 Å². The topological polar surface area (TPSA) is 64.1 Å². The van der Waals surface area contributed by atoms with Crippen LogP contribution in [0.15, 0.2) is 53.3 Å². The molecule has 2 heterocycles. The highest BCUT2D eigenvalue weighted by Crippen LogP contribution is 2.22. The lowest BCUT2D eigenvalue weighted by atomic mass is 10.1. The van der Waals surface area contributed by atoms with Gasteiger partial charge in [0.25, 0.3) is 0 Å². The van der Waals surface area contributed by atoms with Crippen LogP contribution in [0.2, 0.25) is 0 Å². The molecule has 3 N–H and O–H groups in total. The van der Waals surface area contributed by atoms with E-state index in [1.807, 2.05) is 24.3 Å². The highest BCUT2D eigenvalue weighted by molar-refractivity contribution is 5.87. The van der Waals surface area contributed by atoms with Gasteiger partial charge < -0.3 is 15.5 Å². The third-order valence-electron chi connectivity index (χ3n) is 3.10. The van der Waals surface area contributed by atoms with Crippen molar-refractivity contribution in [2.45, 2.75) is 13.1 Å². The number of hydrogen-bond acceptors (Lipinski definition) is 4. The van der Waals surface area contributed by atoms with Gasteiger partial charge in [0.2, 0.25) is 0 Å².